The molecule has 7 rings (SSSR count). The molecule has 3 saturated heterocycles. The summed E-state index contributed by atoms with van der Waals surface area (Å²) < 4.78 is 1.93. The minimum Gasteiger partial charge on any atom is -0.349 e. The van der Waals surface area contributed by atoms with E-state index in [4.69, 9.17) is 4.98 Å². The lowest BCUT2D eigenvalue weighted by Crippen LogP contribution is -2.47. The van der Waals surface area contributed by atoms with Gasteiger partial charge in [-0.2, -0.15) is 4.98 Å². The highest BCUT2D eigenvalue weighted by Gasteiger charge is 2.39. The first-order valence-corrected chi connectivity index (χ1v) is 14.2. The predicted molar refractivity (Wildman–Crippen MR) is 153 cm³/mol. The summed E-state index contributed by atoms with van der Waals surface area (Å²) in [5.74, 6) is 1.54. The van der Waals surface area contributed by atoms with Gasteiger partial charge in [-0.1, -0.05) is 12.1 Å². The van der Waals surface area contributed by atoms with Gasteiger partial charge in [0, 0.05) is 57.5 Å². The van der Waals surface area contributed by atoms with Gasteiger partial charge in [0.15, 0.2) is 5.65 Å². The zero-order valence-electron chi connectivity index (χ0n) is 22.9. The van der Waals surface area contributed by atoms with Gasteiger partial charge in [0.2, 0.25) is 11.4 Å². The Morgan fingerprint density at radius 3 is 2.51 bits per heavy atom. The summed E-state index contributed by atoms with van der Waals surface area (Å²) >= 11 is 0. The molecule has 4 aromatic rings. The van der Waals surface area contributed by atoms with Crippen LogP contribution in [0.15, 0.2) is 35.3 Å². The van der Waals surface area contributed by atoms with Crippen LogP contribution in [-0.4, -0.2) is 93.5 Å². The molecular formula is C29H36N8O2. The second-order valence-electron chi connectivity index (χ2n) is 12.0. The van der Waals surface area contributed by atoms with E-state index in [1.807, 2.05) is 28.7 Å². The Bertz CT molecular complexity index is 1620. The largest absolute Gasteiger partial charge is 0.349 e. The number of H-pyrrole nitrogens is 1. The van der Waals surface area contributed by atoms with Crippen LogP contribution in [0, 0.1) is 11.8 Å². The first-order valence-electron chi connectivity index (χ1n) is 14.2. The number of fused-ring (bicyclic) bond motifs is 6. The summed E-state index contributed by atoms with van der Waals surface area (Å²) in [7, 11) is 2.18. The molecule has 1 amide bonds. The monoisotopic (exact) mass is 528 g/mol. The maximum Gasteiger partial charge on any atom is 0.259 e. The number of nitrogens with zero attached hydrogens (tertiary/aromatic N) is 6. The van der Waals surface area contributed by atoms with Crippen molar-refractivity contribution in [1.29, 1.82) is 0 Å². The van der Waals surface area contributed by atoms with Gasteiger partial charge in [-0.15, -0.1) is 0 Å². The molecule has 0 aliphatic carbocycles. The standard InChI is InChI=1S/C29H36N8O2/c1-17(2)35-10-8-20(9-11-35)31-28(39)24-25(38)21-12-30-29(36-15-18-13-34(3)14-19(18)16-36)33-26(21)37-23-7-5-4-6-22(23)32-27(24)37/h4-7,12,17-20,32H,8-11,13-16H2,1-3H3,(H,31,39). The highest BCUT2D eigenvalue weighted by Crippen LogP contribution is 2.32. The molecule has 0 saturated carbocycles. The van der Waals surface area contributed by atoms with Crippen molar-refractivity contribution in [2.45, 2.75) is 38.8 Å². The maximum absolute atomic E-state index is 13.9. The van der Waals surface area contributed by atoms with Crippen molar-refractivity contribution >= 4 is 39.6 Å². The first-order chi connectivity index (χ1) is 18.9. The molecule has 204 valence electrons. The summed E-state index contributed by atoms with van der Waals surface area (Å²) in [6.07, 6.45) is 3.36. The number of carbonyl (C=O) groups excluding carboxylic acids is 1. The smallest absolute Gasteiger partial charge is 0.259 e. The third kappa shape index (κ3) is 4.08. The van der Waals surface area contributed by atoms with Gasteiger partial charge in [0.05, 0.1) is 16.4 Å². The lowest BCUT2D eigenvalue weighted by atomic mass is 10.0. The van der Waals surface area contributed by atoms with Gasteiger partial charge < -0.3 is 25.0 Å². The number of aromatic nitrogens is 4. The Morgan fingerprint density at radius 2 is 1.79 bits per heavy atom. The normalized spacial score (nSPS) is 23.0. The Kier molecular flexibility index (Phi) is 5.85. The number of anilines is 1. The summed E-state index contributed by atoms with van der Waals surface area (Å²) in [4.78, 5) is 47.6. The topological polar surface area (TPSA) is 102 Å². The Balaban J connectivity index is 1.30. The Morgan fingerprint density at radius 1 is 1.08 bits per heavy atom. The van der Waals surface area contributed by atoms with Crippen LogP contribution < -0.4 is 15.6 Å². The molecule has 2 unspecified atom stereocenters. The molecule has 0 bridgehead atoms. The molecule has 3 aliphatic heterocycles. The predicted octanol–water partition coefficient (Wildman–Crippen LogP) is 2.32. The van der Waals surface area contributed by atoms with Gasteiger partial charge in [0.1, 0.15) is 11.2 Å². The zero-order valence-corrected chi connectivity index (χ0v) is 22.9. The lowest BCUT2D eigenvalue weighted by molar-refractivity contribution is 0.0901. The van der Waals surface area contributed by atoms with E-state index >= 15 is 0 Å². The van der Waals surface area contributed by atoms with Crippen LogP contribution >= 0.6 is 0 Å². The zero-order chi connectivity index (χ0) is 26.8. The second kappa shape index (κ2) is 9.31. The summed E-state index contributed by atoms with van der Waals surface area (Å²) in [5.41, 5.74) is 2.54. The number of hydrogen-bond acceptors (Lipinski definition) is 7. The van der Waals surface area contributed by atoms with Crippen LogP contribution in [0.1, 0.15) is 37.0 Å². The van der Waals surface area contributed by atoms with Crippen molar-refractivity contribution in [3.05, 3.63) is 46.2 Å². The van der Waals surface area contributed by atoms with E-state index in [9.17, 15) is 9.59 Å². The van der Waals surface area contributed by atoms with Gasteiger partial charge in [-0.05, 0) is 57.7 Å². The number of piperidine rings is 1. The average Bonchev–Trinajstić information content (AvgIpc) is 3.59. The molecule has 2 atom stereocenters. The molecule has 3 fully saturated rings. The van der Waals surface area contributed by atoms with Gasteiger partial charge >= 0.3 is 0 Å². The molecule has 0 radical (unpaired) electrons. The minimum absolute atomic E-state index is 0.0410. The van der Waals surface area contributed by atoms with Crippen LogP contribution in [-0.2, 0) is 0 Å². The minimum atomic E-state index is -0.338. The van der Waals surface area contributed by atoms with Crippen molar-refractivity contribution in [3.8, 4) is 0 Å². The number of nitrogens with one attached hydrogen (secondary N) is 2. The van der Waals surface area contributed by atoms with Gasteiger partial charge in [-0.3, -0.25) is 14.0 Å². The van der Waals surface area contributed by atoms with Crippen molar-refractivity contribution in [2.75, 3.05) is 51.2 Å². The lowest BCUT2D eigenvalue weighted by Gasteiger charge is -2.34. The van der Waals surface area contributed by atoms with Crippen molar-refractivity contribution < 1.29 is 4.79 Å². The molecule has 10 nitrogen and oxygen atoms in total. The van der Waals surface area contributed by atoms with Crippen LogP contribution in [0.25, 0.3) is 27.7 Å². The molecule has 2 N–H and O–H groups in total. The number of amides is 1. The number of rotatable bonds is 4. The SMILES string of the molecule is CC(C)N1CCC(NC(=O)c2c(=O)c3cnc(N4CC5CN(C)CC5C4)nc3n3c2[nH]c2ccccc23)CC1. The second-order valence-corrected chi connectivity index (χ2v) is 12.0. The number of carbonyl (C=O) groups is 1. The number of aromatic amines is 1. The van der Waals surface area contributed by atoms with E-state index < -0.39 is 0 Å². The summed E-state index contributed by atoms with van der Waals surface area (Å²) in [5, 5.41) is 3.53. The number of hydrogen-bond donors (Lipinski definition) is 2. The third-order valence-electron chi connectivity index (χ3n) is 9.07. The van der Waals surface area contributed by atoms with E-state index in [2.05, 4.69) is 50.9 Å². The van der Waals surface area contributed by atoms with E-state index in [0.717, 1.165) is 63.1 Å². The van der Waals surface area contributed by atoms with E-state index in [0.29, 0.717) is 40.5 Å². The molecular weight excluding hydrogens is 492 g/mol. The molecule has 0 spiro atoms. The van der Waals surface area contributed by atoms with Crippen LogP contribution in [0.2, 0.25) is 0 Å². The molecule has 3 aliphatic rings. The fourth-order valence-electron chi connectivity index (χ4n) is 6.98. The van der Waals surface area contributed by atoms with E-state index in [-0.39, 0.29) is 22.9 Å². The Hall–Kier alpha value is -3.50. The van der Waals surface area contributed by atoms with Crippen LogP contribution in [0.4, 0.5) is 5.95 Å². The highest BCUT2D eigenvalue weighted by molar-refractivity contribution is 6.05. The molecule has 3 aromatic heterocycles. The van der Waals surface area contributed by atoms with Crippen molar-refractivity contribution in [1.82, 2.24) is 34.5 Å². The first kappa shape index (κ1) is 24.5. The quantitative estimate of drug-likeness (QED) is 0.419. The molecule has 1 aromatic carbocycles. The molecule has 39 heavy (non-hydrogen) atoms. The van der Waals surface area contributed by atoms with E-state index in [1.165, 1.54) is 0 Å². The van der Waals surface area contributed by atoms with Crippen molar-refractivity contribution in [3.63, 3.8) is 0 Å². The molecule has 10 heteroatoms. The summed E-state index contributed by atoms with van der Waals surface area (Å²) in [6.45, 7) is 10.3. The van der Waals surface area contributed by atoms with Crippen molar-refractivity contribution in [2.24, 2.45) is 11.8 Å². The summed E-state index contributed by atoms with van der Waals surface area (Å²) in [6, 6.07) is 8.39. The van der Waals surface area contributed by atoms with Gasteiger partial charge in [0.25, 0.3) is 5.91 Å². The molecule has 6 heterocycles. The fraction of sp³-hybridized carbons (Fsp3) is 0.517. The maximum atomic E-state index is 13.9. The van der Waals surface area contributed by atoms with Crippen LogP contribution in [0.5, 0.6) is 0 Å². The Labute approximate surface area is 227 Å². The fourth-order valence-corrected chi connectivity index (χ4v) is 6.98. The van der Waals surface area contributed by atoms with E-state index in [1.54, 1.807) is 6.20 Å². The third-order valence-corrected chi connectivity index (χ3v) is 9.07. The number of likely N-dealkylation sites (tertiary alicyclic amines) is 2. The highest BCUT2D eigenvalue weighted by atomic mass is 16.2. The number of imidazole rings is 1. The number of benzene rings is 1. The number of para-hydroxylation sites is 2. The van der Waals surface area contributed by atoms with Crippen LogP contribution in [0.3, 0.4) is 0 Å². The number of pyridine rings is 1. The van der Waals surface area contributed by atoms with Gasteiger partial charge in [-0.25, -0.2) is 4.98 Å². The average molecular weight is 529 g/mol.